The van der Waals surface area contributed by atoms with E-state index in [9.17, 15) is 4.79 Å². The van der Waals surface area contributed by atoms with Crippen molar-refractivity contribution in [1.29, 1.82) is 0 Å². The number of terminal acetylenes is 1. The molecule has 1 N–H and O–H groups in total. The van der Waals surface area contributed by atoms with Crippen LogP contribution in [0.2, 0.25) is 0 Å². The average molecular weight is 423 g/mol. The summed E-state index contributed by atoms with van der Waals surface area (Å²) in [5.41, 5.74) is 3.80. The Labute approximate surface area is 186 Å². The zero-order chi connectivity index (χ0) is 22.5. The Balaban J connectivity index is 1.79. The van der Waals surface area contributed by atoms with Gasteiger partial charge in [0.25, 0.3) is 5.91 Å². The number of amides is 1. The number of carbonyl (C=O) groups is 1. The van der Waals surface area contributed by atoms with Crippen molar-refractivity contribution in [3.05, 3.63) is 90.3 Å². The van der Waals surface area contributed by atoms with Crippen molar-refractivity contribution in [2.75, 3.05) is 19.5 Å². The SMILES string of the molecule is C#Cc1cccc(NC(=O)c2nn(-c3ccccc3)cc2-c2ccc(OC)c(OC)c2)c1. The maximum atomic E-state index is 13.2. The minimum Gasteiger partial charge on any atom is -0.493 e. The van der Waals surface area contributed by atoms with Crippen molar-refractivity contribution in [1.82, 2.24) is 9.78 Å². The number of para-hydroxylation sites is 1. The molecule has 0 aliphatic carbocycles. The third kappa shape index (κ3) is 4.18. The molecule has 4 rings (SSSR count). The number of aromatic nitrogens is 2. The highest BCUT2D eigenvalue weighted by Gasteiger charge is 2.20. The first kappa shape index (κ1) is 20.8. The highest BCUT2D eigenvalue weighted by atomic mass is 16.5. The molecule has 0 saturated heterocycles. The quantitative estimate of drug-likeness (QED) is 0.453. The summed E-state index contributed by atoms with van der Waals surface area (Å²) in [6.07, 6.45) is 7.30. The number of nitrogens with zero attached hydrogens (tertiary/aromatic N) is 2. The van der Waals surface area contributed by atoms with Gasteiger partial charge in [-0.3, -0.25) is 4.79 Å². The molecule has 0 spiro atoms. The molecule has 158 valence electrons. The van der Waals surface area contributed by atoms with E-state index in [1.54, 1.807) is 49.2 Å². The smallest absolute Gasteiger partial charge is 0.276 e. The lowest BCUT2D eigenvalue weighted by molar-refractivity contribution is 0.102. The number of rotatable bonds is 6. The van der Waals surface area contributed by atoms with E-state index in [2.05, 4.69) is 16.3 Å². The van der Waals surface area contributed by atoms with Crippen molar-refractivity contribution < 1.29 is 14.3 Å². The third-order valence-electron chi connectivity index (χ3n) is 4.93. The van der Waals surface area contributed by atoms with E-state index in [0.717, 1.165) is 11.3 Å². The van der Waals surface area contributed by atoms with Crippen LogP contribution in [0.15, 0.2) is 79.0 Å². The molecule has 0 fully saturated rings. The molecule has 6 heteroatoms. The summed E-state index contributed by atoms with van der Waals surface area (Å²) in [5.74, 6) is 3.38. The lowest BCUT2D eigenvalue weighted by Crippen LogP contribution is -2.14. The Morgan fingerprint density at radius 1 is 0.969 bits per heavy atom. The summed E-state index contributed by atoms with van der Waals surface area (Å²) < 4.78 is 12.5. The second-order valence-corrected chi connectivity index (χ2v) is 6.92. The molecule has 1 amide bonds. The van der Waals surface area contributed by atoms with E-state index < -0.39 is 0 Å². The predicted octanol–water partition coefficient (Wildman–Crippen LogP) is 4.79. The molecule has 0 radical (unpaired) electrons. The zero-order valence-corrected chi connectivity index (χ0v) is 17.7. The molecule has 0 aliphatic heterocycles. The van der Waals surface area contributed by atoms with Gasteiger partial charge in [0.1, 0.15) is 0 Å². The van der Waals surface area contributed by atoms with E-state index in [4.69, 9.17) is 15.9 Å². The van der Waals surface area contributed by atoms with Gasteiger partial charge in [0.2, 0.25) is 0 Å². The van der Waals surface area contributed by atoms with Crippen LogP contribution in [0.1, 0.15) is 16.1 Å². The van der Waals surface area contributed by atoms with Gasteiger partial charge in [-0.25, -0.2) is 4.68 Å². The van der Waals surface area contributed by atoms with Crippen LogP contribution in [0.4, 0.5) is 5.69 Å². The monoisotopic (exact) mass is 423 g/mol. The van der Waals surface area contributed by atoms with Gasteiger partial charge in [0, 0.05) is 23.0 Å². The number of carbonyl (C=O) groups excluding carboxylic acids is 1. The number of ether oxygens (including phenoxy) is 2. The summed E-state index contributed by atoms with van der Waals surface area (Å²) in [5, 5.41) is 7.48. The summed E-state index contributed by atoms with van der Waals surface area (Å²) in [6.45, 7) is 0. The lowest BCUT2D eigenvalue weighted by Gasteiger charge is -2.10. The molecular weight excluding hydrogens is 402 g/mol. The average Bonchev–Trinajstić information content (AvgIpc) is 3.30. The highest BCUT2D eigenvalue weighted by Crippen LogP contribution is 2.34. The standard InChI is InChI=1S/C26H21N3O3/c1-4-18-9-8-10-20(15-18)27-26(30)25-22(17-29(28-25)21-11-6-5-7-12-21)19-13-14-23(31-2)24(16-19)32-3/h1,5-17H,2-3H3,(H,27,30). The third-order valence-corrected chi connectivity index (χ3v) is 4.93. The van der Waals surface area contributed by atoms with Crippen LogP contribution in [0.5, 0.6) is 11.5 Å². The fourth-order valence-electron chi connectivity index (χ4n) is 3.35. The predicted molar refractivity (Wildman–Crippen MR) is 124 cm³/mol. The maximum absolute atomic E-state index is 13.2. The van der Waals surface area contributed by atoms with Gasteiger partial charge in [0.15, 0.2) is 17.2 Å². The number of methoxy groups -OCH3 is 2. The first-order chi connectivity index (χ1) is 15.6. The van der Waals surface area contributed by atoms with E-state index in [-0.39, 0.29) is 11.6 Å². The van der Waals surface area contributed by atoms with Crippen LogP contribution in [-0.4, -0.2) is 29.9 Å². The topological polar surface area (TPSA) is 65.4 Å². The van der Waals surface area contributed by atoms with Gasteiger partial charge in [-0.15, -0.1) is 6.42 Å². The Kier molecular flexibility index (Phi) is 5.91. The number of hydrogen-bond donors (Lipinski definition) is 1. The van der Waals surface area contributed by atoms with Gasteiger partial charge >= 0.3 is 0 Å². The first-order valence-corrected chi connectivity index (χ1v) is 9.88. The summed E-state index contributed by atoms with van der Waals surface area (Å²) in [7, 11) is 3.15. The minimum atomic E-state index is -0.348. The molecule has 0 saturated carbocycles. The molecule has 32 heavy (non-hydrogen) atoms. The number of benzene rings is 3. The largest absolute Gasteiger partial charge is 0.493 e. The van der Waals surface area contributed by atoms with E-state index >= 15 is 0 Å². The van der Waals surface area contributed by atoms with Gasteiger partial charge in [-0.05, 0) is 48.0 Å². The first-order valence-electron chi connectivity index (χ1n) is 9.88. The van der Waals surface area contributed by atoms with Crippen molar-refractivity contribution in [2.45, 2.75) is 0 Å². The van der Waals surface area contributed by atoms with Gasteiger partial charge in [-0.1, -0.05) is 36.3 Å². The van der Waals surface area contributed by atoms with Gasteiger partial charge in [-0.2, -0.15) is 5.10 Å². The minimum absolute atomic E-state index is 0.271. The fourth-order valence-corrected chi connectivity index (χ4v) is 3.35. The van der Waals surface area contributed by atoms with Crippen LogP contribution in [0.25, 0.3) is 16.8 Å². The normalized spacial score (nSPS) is 10.3. The number of anilines is 1. The van der Waals surface area contributed by atoms with Crippen LogP contribution >= 0.6 is 0 Å². The van der Waals surface area contributed by atoms with Crippen LogP contribution in [0.3, 0.4) is 0 Å². The molecule has 3 aromatic carbocycles. The molecule has 0 unspecified atom stereocenters. The van der Waals surface area contributed by atoms with Gasteiger partial charge in [0.05, 0.1) is 19.9 Å². The lowest BCUT2D eigenvalue weighted by atomic mass is 10.1. The van der Waals surface area contributed by atoms with Crippen molar-refractivity contribution >= 4 is 11.6 Å². The van der Waals surface area contributed by atoms with E-state index in [1.807, 2.05) is 48.7 Å². The Hall–Kier alpha value is -4.50. The molecule has 0 aliphatic rings. The maximum Gasteiger partial charge on any atom is 0.276 e. The molecule has 6 nitrogen and oxygen atoms in total. The number of hydrogen-bond acceptors (Lipinski definition) is 4. The fraction of sp³-hybridized carbons (Fsp3) is 0.0769. The second-order valence-electron chi connectivity index (χ2n) is 6.92. The Morgan fingerprint density at radius 2 is 1.75 bits per heavy atom. The van der Waals surface area contributed by atoms with E-state index in [0.29, 0.717) is 28.3 Å². The highest BCUT2D eigenvalue weighted by molar-refractivity contribution is 6.07. The van der Waals surface area contributed by atoms with Crippen LogP contribution < -0.4 is 14.8 Å². The van der Waals surface area contributed by atoms with Crippen molar-refractivity contribution in [3.63, 3.8) is 0 Å². The molecular formula is C26H21N3O3. The molecule has 1 heterocycles. The molecule has 1 aromatic heterocycles. The van der Waals surface area contributed by atoms with Crippen LogP contribution in [-0.2, 0) is 0 Å². The van der Waals surface area contributed by atoms with Crippen molar-refractivity contribution in [3.8, 4) is 40.7 Å². The molecule has 4 aromatic rings. The van der Waals surface area contributed by atoms with Crippen molar-refractivity contribution in [2.24, 2.45) is 0 Å². The number of nitrogens with one attached hydrogen (secondary N) is 1. The zero-order valence-electron chi connectivity index (χ0n) is 17.7. The van der Waals surface area contributed by atoms with Gasteiger partial charge < -0.3 is 14.8 Å². The Bertz CT molecular complexity index is 1300. The summed E-state index contributed by atoms with van der Waals surface area (Å²) >= 11 is 0. The van der Waals surface area contributed by atoms with Crippen LogP contribution in [0, 0.1) is 12.3 Å². The summed E-state index contributed by atoms with van der Waals surface area (Å²) in [6, 6.07) is 22.2. The summed E-state index contributed by atoms with van der Waals surface area (Å²) in [4.78, 5) is 13.2. The second kappa shape index (κ2) is 9.11. The Morgan fingerprint density at radius 3 is 2.47 bits per heavy atom. The molecule has 0 atom stereocenters. The molecule has 0 bridgehead atoms. The van der Waals surface area contributed by atoms with E-state index in [1.165, 1.54) is 0 Å².